The summed E-state index contributed by atoms with van der Waals surface area (Å²) >= 11 is 0. The van der Waals surface area contributed by atoms with Gasteiger partial charge in [0.2, 0.25) is 0 Å². The van der Waals surface area contributed by atoms with Gasteiger partial charge in [0.15, 0.2) is 6.29 Å². The number of likely N-dealkylation sites (tertiary alicyclic amines) is 1. The van der Waals surface area contributed by atoms with Crippen molar-refractivity contribution in [2.75, 3.05) is 31.5 Å². The number of hydrogen-bond donors (Lipinski definition) is 3. The highest BCUT2D eigenvalue weighted by Crippen LogP contribution is 2.42. The molecule has 2 aromatic carbocycles. The maximum absolute atomic E-state index is 12.1. The van der Waals surface area contributed by atoms with Crippen LogP contribution in [0.2, 0.25) is 0 Å². The standard InChI is InChI=1S/C29H41N3O4/c1-3-30-29(34)31-25-11-9-10-24(18-25)28-35-26(19-32-16-7-5-4-6-8-17-32)21(2)27(36-28)23-14-12-22(20-33)13-15-23/h9-15,18,21,26-28,33H,3-8,16-17,19-20H2,1-2H3,(H2,30,31,34)/t21-,26+,27+,28+/m0/s1. The summed E-state index contributed by atoms with van der Waals surface area (Å²) in [4.78, 5) is 14.6. The Morgan fingerprint density at radius 1 is 1.00 bits per heavy atom. The number of carbonyl (C=O) groups excluding carboxylic acids is 1. The Morgan fingerprint density at radius 2 is 1.72 bits per heavy atom. The molecule has 4 rings (SSSR count). The number of hydrogen-bond acceptors (Lipinski definition) is 5. The predicted octanol–water partition coefficient (Wildman–Crippen LogP) is 5.38. The normalized spacial score (nSPS) is 25.5. The molecule has 196 valence electrons. The van der Waals surface area contributed by atoms with E-state index in [1.807, 2.05) is 43.3 Å². The van der Waals surface area contributed by atoms with Crippen molar-refractivity contribution >= 4 is 11.7 Å². The molecule has 0 spiro atoms. The SMILES string of the molecule is CCNC(=O)Nc1cccc([C@@H]2O[C@H](CN3CCCCCCC3)[C@H](C)[C@H](c3ccc(CO)cc3)O2)c1. The van der Waals surface area contributed by atoms with Crippen molar-refractivity contribution < 1.29 is 19.4 Å². The topological polar surface area (TPSA) is 83.1 Å². The highest BCUT2D eigenvalue weighted by molar-refractivity contribution is 5.89. The zero-order chi connectivity index (χ0) is 25.3. The molecule has 0 unspecified atom stereocenters. The van der Waals surface area contributed by atoms with Crippen LogP contribution >= 0.6 is 0 Å². The summed E-state index contributed by atoms with van der Waals surface area (Å²) in [6, 6.07) is 15.5. The van der Waals surface area contributed by atoms with Gasteiger partial charge in [-0.1, -0.05) is 62.6 Å². The fourth-order valence-electron chi connectivity index (χ4n) is 5.18. The van der Waals surface area contributed by atoms with E-state index in [9.17, 15) is 9.90 Å². The average molecular weight is 496 g/mol. The number of benzene rings is 2. The number of aliphatic hydroxyl groups excluding tert-OH is 1. The largest absolute Gasteiger partial charge is 0.392 e. The Balaban J connectivity index is 1.57. The minimum Gasteiger partial charge on any atom is -0.392 e. The van der Waals surface area contributed by atoms with Crippen molar-refractivity contribution in [3.8, 4) is 0 Å². The Hall–Kier alpha value is -2.45. The third kappa shape index (κ3) is 7.07. The number of nitrogens with zero attached hydrogens (tertiary/aromatic N) is 1. The van der Waals surface area contributed by atoms with Crippen molar-refractivity contribution in [1.82, 2.24) is 10.2 Å². The monoisotopic (exact) mass is 495 g/mol. The summed E-state index contributed by atoms with van der Waals surface area (Å²) in [6.07, 6.45) is 5.73. The van der Waals surface area contributed by atoms with Gasteiger partial charge >= 0.3 is 6.03 Å². The molecule has 7 nitrogen and oxygen atoms in total. The average Bonchev–Trinajstić information content (AvgIpc) is 2.87. The lowest BCUT2D eigenvalue weighted by atomic mass is 9.89. The second-order valence-electron chi connectivity index (χ2n) is 10.0. The molecule has 7 heteroatoms. The molecule has 2 amide bonds. The highest BCUT2D eigenvalue weighted by atomic mass is 16.7. The van der Waals surface area contributed by atoms with E-state index >= 15 is 0 Å². The van der Waals surface area contributed by atoms with Gasteiger partial charge in [-0.3, -0.25) is 0 Å². The first-order chi connectivity index (χ1) is 17.6. The smallest absolute Gasteiger partial charge is 0.319 e. The minimum atomic E-state index is -0.542. The van der Waals surface area contributed by atoms with Crippen molar-refractivity contribution in [3.63, 3.8) is 0 Å². The Kier molecular flexibility index (Phi) is 9.75. The van der Waals surface area contributed by atoms with Crippen LogP contribution in [0.3, 0.4) is 0 Å². The first kappa shape index (κ1) is 26.6. The lowest BCUT2D eigenvalue weighted by molar-refractivity contribution is -0.276. The van der Waals surface area contributed by atoms with Gasteiger partial charge in [0, 0.05) is 30.3 Å². The van der Waals surface area contributed by atoms with Gasteiger partial charge in [-0.25, -0.2) is 4.79 Å². The maximum atomic E-state index is 12.1. The molecule has 0 bridgehead atoms. The molecule has 2 fully saturated rings. The first-order valence-corrected chi connectivity index (χ1v) is 13.4. The second kappa shape index (κ2) is 13.2. The number of rotatable bonds is 7. The number of nitrogens with one attached hydrogen (secondary N) is 2. The fourth-order valence-corrected chi connectivity index (χ4v) is 5.18. The van der Waals surface area contributed by atoms with Gasteiger partial charge in [-0.05, 0) is 56.1 Å². The minimum absolute atomic E-state index is 0.00528. The van der Waals surface area contributed by atoms with Crippen LogP contribution in [0.15, 0.2) is 48.5 Å². The Labute approximate surface area is 215 Å². The molecular formula is C29H41N3O4. The maximum Gasteiger partial charge on any atom is 0.319 e. The van der Waals surface area contributed by atoms with Crippen LogP contribution in [0.25, 0.3) is 0 Å². The van der Waals surface area contributed by atoms with Gasteiger partial charge in [-0.15, -0.1) is 0 Å². The van der Waals surface area contributed by atoms with E-state index < -0.39 is 6.29 Å². The molecule has 4 atom stereocenters. The van der Waals surface area contributed by atoms with Crippen LogP contribution in [-0.4, -0.2) is 48.3 Å². The third-order valence-corrected chi connectivity index (χ3v) is 7.26. The molecular weight excluding hydrogens is 454 g/mol. The molecule has 2 aromatic rings. The molecule has 0 saturated carbocycles. The number of anilines is 1. The van der Waals surface area contributed by atoms with E-state index in [2.05, 4.69) is 34.6 Å². The summed E-state index contributed by atoms with van der Waals surface area (Å²) in [7, 11) is 0. The Morgan fingerprint density at radius 3 is 2.42 bits per heavy atom. The molecule has 36 heavy (non-hydrogen) atoms. The predicted molar refractivity (Wildman–Crippen MR) is 142 cm³/mol. The molecule has 2 heterocycles. The molecule has 0 aliphatic carbocycles. The van der Waals surface area contributed by atoms with Gasteiger partial charge in [-0.2, -0.15) is 0 Å². The van der Waals surface area contributed by atoms with E-state index in [1.165, 1.54) is 32.1 Å². The van der Waals surface area contributed by atoms with Crippen molar-refractivity contribution in [2.45, 2.75) is 71.1 Å². The van der Waals surface area contributed by atoms with Crippen LogP contribution in [-0.2, 0) is 16.1 Å². The van der Waals surface area contributed by atoms with E-state index in [0.717, 1.165) is 36.3 Å². The molecule has 2 aliphatic heterocycles. The fraction of sp³-hybridized carbons (Fsp3) is 0.552. The van der Waals surface area contributed by atoms with Gasteiger partial charge in [0.25, 0.3) is 0 Å². The Bertz CT molecular complexity index is 959. The summed E-state index contributed by atoms with van der Waals surface area (Å²) in [5, 5.41) is 15.1. The van der Waals surface area contributed by atoms with Crippen molar-refractivity contribution in [1.29, 1.82) is 0 Å². The zero-order valence-corrected chi connectivity index (χ0v) is 21.6. The van der Waals surface area contributed by atoms with Crippen LogP contribution in [0, 0.1) is 5.92 Å². The van der Waals surface area contributed by atoms with E-state index in [4.69, 9.17) is 9.47 Å². The van der Waals surface area contributed by atoms with Gasteiger partial charge < -0.3 is 30.1 Å². The van der Waals surface area contributed by atoms with E-state index in [0.29, 0.717) is 12.2 Å². The quantitative estimate of drug-likeness (QED) is 0.481. The van der Waals surface area contributed by atoms with Crippen LogP contribution in [0.5, 0.6) is 0 Å². The summed E-state index contributed by atoms with van der Waals surface area (Å²) in [5.41, 5.74) is 3.55. The number of carbonyl (C=O) groups is 1. The lowest BCUT2D eigenvalue weighted by Crippen LogP contribution is -2.45. The molecule has 3 N–H and O–H groups in total. The van der Waals surface area contributed by atoms with E-state index in [-0.39, 0.29) is 30.8 Å². The van der Waals surface area contributed by atoms with Gasteiger partial charge in [0.1, 0.15) is 0 Å². The molecule has 0 aromatic heterocycles. The number of urea groups is 1. The van der Waals surface area contributed by atoms with Crippen molar-refractivity contribution in [3.05, 3.63) is 65.2 Å². The second-order valence-corrected chi connectivity index (χ2v) is 10.0. The molecule has 2 aliphatic rings. The van der Waals surface area contributed by atoms with Crippen LogP contribution in [0.1, 0.15) is 75.0 Å². The van der Waals surface area contributed by atoms with E-state index in [1.54, 1.807) is 0 Å². The lowest BCUT2D eigenvalue weighted by Gasteiger charge is -2.43. The van der Waals surface area contributed by atoms with Crippen LogP contribution < -0.4 is 10.6 Å². The van der Waals surface area contributed by atoms with Crippen LogP contribution in [0.4, 0.5) is 10.5 Å². The molecule has 0 radical (unpaired) electrons. The number of amides is 2. The summed E-state index contributed by atoms with van der Waals surface area (Å²) < 4.78 is 13.2. The number of ether oxygens (including phenoxy) is 2. The zero-order valence-electron chi connectivity index (χ0n) is 21.6. The first-order valence-electron chi connectivity index (χ1n) is 13.4. The third-order valence-electron chi connectivity index (χ3n) is 7.26. The summed E-state index contributed by atoms with van der Waals surface area (Å²) in [5.74, 6) is 0.156. The summed E-state index contributed by atoms with van der Waals surface area (Å²) in [6.45, 7) is 7.79. The van der Waals surface area contributed by atoms with Gasteiger partial charge in [0.05, 0.1) is 18.8 Å². The molecule has 2 saturated heterocycles. The van der Waals surface area contributed by atoms with Crippen molar-refractivity contribution in [2.24, 2.45) is 5.92 Å². The highest BCUT2D eigenvalue weighted by Gasteiger charge is 2.39. The number of aliphatic hydroxyl groups is 1.